The highest BCUT2D eigenvalue weighted by Gasteiger charge is 2.49. The monoisotopic (exact) mass is 1090 g/mol. The fourth-order valence-corrected chi connectivity index (χ4v) is 13.4. The number of carboxylic acid groups (broad SMARTS) is 1. The van der Waals surface area contributed by atoms with Gasteiger partial charge in [-0.25, -0.2) is 13.1 Å². The molecule has 1 atom stereocenters. The lowest BCUT2D eigenvalue weighted by molar-refractivity contribution is -0.441. The highest BCUT2D eigenvalue weighted by Crippen LogP contribution is 2.53. The van der Waals surface area contributed by atoms with Crippen LogP contribution in [0, 0.1) is 0 Å². The molecule has 71 heavy (non-hydrogen) atoms. The summed E-state index contributed by atoms with van der Waals surface area (Å²) < 4.78 is 183. The third-order valence-electron chi connectivity index (χ3n) is 12.8. The molecule has 0 bridgehead atoms. The third-order valence-corrected chi connectivity index (χ3v) is 17.6. The zero-order chi connectivity index (χ0) is 52.7. The Hall–Kier alpha value is -4.71. The van der Waals surface area contributed by atoms with Gasteiger partial charge in [0.2, 0.25) is 15.7 Å². The number of anilines is 1. The number of nitrogens with zero attached hydrogens (tertiary/aromatic N) is 2. The number of allylic oxidation sites excluding steroid dienone is 4. The van der Waals surface area contributed by atoms with Crippen LogP contribution in [-0.2, 0) is 75.6 Å². The van der Waals surface area contributed by atoms with Gasteiger partial charge < -0.3 is 19.5 Å². The molecule has 4 aromatic rings. The molecule has 388 valence electrons. The average molecular weight is 1090 g/mol. The zero-order valence-corrected chi connectivity index (χ0v) is 43.4. The zero-order valence-electron chi connectivity index (χ0n) is 39.3. The maximum absolute atomic E-state index is 13.8. The van der Waals surface area contributed by atoms with Gasteiger partial charge in [0, 0.05) is 79.0 Å². The molecule has 0 aromatic heterocycles. The van der Waals surface area contributed by atoms with Gasteiger partial charge in [-0.2, -0.15) is 38.2 Å². The van der Waals surface area contributed by atoms with Crippen molar-refractivity contribution in [2.24, 2.45) is 0 Å². The van der Waals surface area contributed by atoms with Crippen molar-refractivity contribution in [3.05, 3.63) is 83.6 Å². The van der Waals surface area contributed by atoms with E-state index in [0.29, 0.717) is 65.8 Å². The number of nitrogens with one attached hydrogen (secondary N) is 1. The lowest BCUT2D eigenvalue weighted by atomic mass is 9.74. The molecule has 0 spiro atoms. The first kappa shape index (κ1) is 55.6. The minimum absolute atomic E-state index is 0.000305. The number of sulfonamides is 1. The first-order valence-electron chi connectivity index (χ1n) is 22.0. The Kier molecular flexibility index (Phi) is 16.2. The first-order valence-corrected chi connectivity index (χ1v) is 29.4. The molecule has 26 heteroatoms. The van der Waals surface area contributed by atoms with Crippen molar-refractivity contribution in [3.63, 3.8) is 0 Å². The number of rotatable bonds is 23. The SMILES string of the molecule is COCCNS(=O)(=O)c1cc(S(=O)(=O)O)cc2c3c(ccc12)N(CCCCCC(=O)O)/C(=C/C=C/C1=[N+](CCOC)c2ccc4c(S(=O)(=O)O)cc(S(=O)(=O)O)cc4c2C1(C)CCCS(=O)(=O)O)C3(C)C. The lowest BCUT2D eigenvalue weighted by Crippen LogP contribution is -2.33. The van der Waals surface area contributed by atoms with Crippen LogP contribution in [0.2, 0.25) is 0 Å². The number of carbonyl (C=O) groups is 1. The molecule has 4 aromatic carbocycles. The minimum Gasteiger partial charge on any atom is -0.481 e. The second kappa shape index (κ2) is 20.7. The van der Waals surface area contributed by atoms with Crippen molar-refractivity contribution < 1.29 is 84.3 Å². The number of hydrogen-bond donors (Lipinski definition) is 6. The number of methoxy groups -OCH3 is 2. The molecule has 6 N–H and O–H groups in total. The molecule has 0 radical (unpaired) electrons. The van der Waals surface area contributed by atoms with Crippen LogP contribution in [0.25, 0.3) is 21.5 Å². The van der Waals surface area contributed by atoms with Gasteiger partial charge >= 0.3 is 5.97 Å². The minimum atomic E-state index is -5.12. The highest BCUT2D eigenvalue weighted by atomic mass is 32.2. The molecule has 2 heterocycles. The Labute approximate surface area is 412 Å². The van der Waals surface area contributed by atoms with Gasteiger partial charge in [0.25, 0.3) is 40.5 Å². The summed E-state index contributed by atoms with van der Waals surface area (Å²) in [5.74, 6) is -1.66. The van der Waals surface area contributed by atoms with E-state index in [1.54, 1.807) is 41.9 Å². The van der Waals surface area contributed by atoms with Crippen LogP contribution < -0.4 is 9.62 Å². The quantitative estimate of drug-likeness (QED) is 0.0315. The van der Waals surface area contributed by atoms with Gasteiger partial charge in [0.15, 0.2) is 12.3 Å². The average Bonchev–Trinajstić information content (AvgIpc) is 3.62. The molecule has 0 saturated carbocycles. The van der Waals surface area contributed by atoms with Crippen molar-refractivity contribution in [1.82, 2.24) is 4.72 Å². The Balaban J connectivity index is 1.61. The molecule has 2 aliphatic heterocycles. The topological polar surface area (TPSA) is 326 Å². The number of benzene rings is 4. The van der Waals surface area contributed by atoms with E-state index in [9.17, 15) is 70.2 Å². The van der Waals surface area contributed by atoms with Crippen LogP contribution in [0.5, 0.6) is 0 Å². The van der Waals surface area contributed by atoms with Crippen LogP contribution in [0.15, 0.2) is 92.0 Å². The maximum Gasteiger partial charge on any atom is 0.303 e. The fraction of sp³-hybridized carbons (Fsp3) is 0.422. The van der Waals surface area contributed by atoms with Crippen LogP contribution in [-0.4, -0.2) is 134 Å². The fourth-order valence-electron chi connectivity index (χ4n) is 9.71. The summed E-state index contributed by atoms with van der Waals surface area (Å²) >= 11 is 0. The van der Waals surface area contributed by atoms with E-state index in [1.165, 1.54) is 32.4 Å². The van der Waals surface area contributed by atoms with Crippen LogP contribution in [0.4, 0.5) is 11.4 Å². The van der Waals surface area contributed by atoms with Crippen LogP contribution >= 0.6 is 0 Å². The summed E-state index contributed by atoms with van der Waals surface area (Å²) in [6.07, 6.45) is 6.19. The second-order valence-electron chi connectivity index (χ2n) is 17.9. The van der Waals surface area contributed by atoms with Gasteiger partial charge in [-0.15, -0.1) is 0 Å². The molecule has 1 unspecified atom stereocenters. The van der Waals surface area contributed by atoms with Crippen molar-refractivity contribution in [3.8, 4) is 0 Å². The van der Waals surface area contributed by atoms with E-state index in [2.05, 4.69) is 4.72 Å². The molecular formula is C45H56N3O18S5+. The summed E-state index contributed by atoms with van der Waals surface area (Å²) in [6, 6.07) is 9.87. The van der Waals surface area contributed by atoms with E-state index in [-0.39, 0.29) is 67.1 Å². The van der Waals surface area contributed by atoms with E-state index in [1.807, 2.05) is 18.7 Å². The van der Waals surface area contributed by atoms with Crippen LogP contribution in [0.1, 0.15) is 70.4 Å². The molecule has 6 rings (SSSR count). The standard InChI is InChI=1S/C45H55N3O18S5/c1-44(2)39(47(20-8-6-7-13-41(49)50)35-16-14-31-33(42(35)44)25-29(69(56,57)58)27-37(31)68(54,55)46-19-22-65-4)11-9-12-40-45(3,18-10-24-67(51,52)53)43-34-26-30(70(59,60)61)28-38(71(62,63)64)32(34)15-17-36(43)48(40)21-23-66-5/h9,11-12,14-17,25-28,46H,6-8,10,13,18-24H2,1-5H3,(H4-,49,50,51,52,53,56,57,58,59,60,61,62,63,64)/p+1. The molecule has 0 aliphatic carbocycles. The van der Waals surface area contributed by atoms with Gasteiger partial charge in [0.1, 0.15) is 11.5 Å². The summed E-state index contributed by atoms with van der Waals surface area (Å²) in [5.41, 5.74) is 0.398. The van der Waals surface area contributed by atoms with Crippen molar-refractivity contribution in [2.75, 3.05) is 57.7 Å². The number of ether oxygens (including phenoxy) is 2. The Morgan fingerprint density at radius 2 is 1.31 bits per heavy atom. The van der Waals surface area contributed by atoms with Gasteiger partial charge in [-0.1, -0.05) is 32.4 Å². The van der Waals surface area contributed by atoms with Crippen molar-refractivity contribution in [2.45, 2.75) is 89.7 Å². The predicted molar refractivity (Wildman–Crippen MR) is 263 cm³/mol. The van der Waals surface area contributed by atoms with Gasteiger partial charge in [-0.05, 0) is 91.4 Å². The van der Waals surface area contributed by atoms with Gasteiger partial charge in [-0.3, -0.25) is 23.0 Å². The number of unbranched alkanes of at least 4 members (excludes halogenated alkanes) is 2. The molecule has 0 fully saturated rings. The Morgan fingerprint density at radius 3 is 1.89 bits per heavy atom. The summed E-state index contributed by atoms with van der Waals surface area (Å²) in [7, 11) is -21.3. The van der Waals surface area contributed by atoms with Crippen molar-refractivity contribution in [1.29, 1.82) is 0 Å². The van der Waals surface area contributed by atoms with E-state index < -0.39 is 92.6 Å². The summed E-state index contributed by atoms with van der Waals surface area (Å²) in [6.45, 7) is 5.75. The van der Waals surface area contributed by atoms with Crippen LogP contribution in [0.3, 0.4) is 0 Å². The van der Waals surface area contributed by atoms with Gasteiger partial charge in [0.05, 0.1) is 32.5 Å². The lowest BCUT2D eigenvalue weighted by Gasteiger charge is -2.27. The third kappa shape index (κ3) is 11.7. The molecule has 0 amide bonds. The molecule has 2 aliphatic rings. The number of hydrogen-bond acceptors (Lipinski definition) is 14. The molecular weight excluding hydrogens is 1030 g/mol. The number of carboxylic acids is 1. The predicted octanol–water partition coefficient (Wildman–Crippen LogP) is 5.21. The highest BCUT2D eigenvalue weighted by molar-refractivity contribution is 7.90. The normalized spacial score (nSPS) is 18.1. The van der Waals surface area contributed by atoms with E-state index in [0.717, 1.165) is 12.1 Å². The maximum atomic E-state index is 13.8. The van der Waals surface area contributed by atoms with E-state index >= 15 is 0 Å². The Morgan fingerprint density at radius 1 is 0.718 bits per heavy atom. The number of fused-ring (bicyclic) bond motifs is 6. The van der Waals surface area contributed by atoms with E-state index in [4.69, 9.17) is 9.47 Å². The Bertz CT molecular complexity index is 3480. The first-order chi connectivity index (χ1) is 32.9. The second-order valence-corrected chi connectivity index (χ2v) is 25.5. The number of aliphatic carboxylic acids is 1. The summed E-state index contributed by atoms with van der Waals surface area (Å²) in [5, 5.41) is 9.50. The summed E-state index contributed by atoms with van der Waals surface area (Å²) in [4.78, 5) is 10.5. The molecule has 0 saturated heterocycles. The molecule has 21 nitrogen and oxygen atoms in total. The smallest absolute Gasteiger partial charge is 0.303 e. The van der Waals surface area contributed by atoms with Crippen molar-refractivity contribution >= 4 is 95.1 Å². The largest absolute Gasteiger partial charge is 0.481 e.